The molecule has 0 aromatic carbocycles. The van der Waals surface area contributed by atoms with Gasteiger partial charge in [0, 0.05) is 6.42 Å². The molecule has 1 N–H and O–H groups in total. The van der Waals surface area contributed by atoms with Crippen molar-refractivity contribution in [2.75, 3.05) is 0 Å². The van der Waals surface area contributed by atoms with Crippen LogP contribution in [0, 0.1) is 0 Å². The number of hydrogen-bond donors (Lipinski definition) is 1. The SMILES string of the molecule is CC(C)(C)OC(=O)N[C@@H](CC(=O)c1ccoc1)C(=O)OC(C)(C)C. The van der Waals surface area contributed by atoms with Crippen LogP contribution in [0.25, 0.3) is 0 Å². The van der Waals surface area contributed by atoms with Crippen molar-refractivity contribution < 1.29 is 28.3 Å². The maximum atomic E-state index is 12.3. The Labute approximate surface area is 141 Å². The van der Waals surface area contributed by atoms with Gasteiger partial charge in [0.25, 0.3) is 0 Å². The summed E-state index contributed by atoms with van der Waals surface area (Å²) >= 11 is 0. The Balaban J connectivity index is 2.84. The van der Waals surface area contributed by atoms with E-state index in [0.29, 0.717) is 5.56 Å². The third kappa shape index (κ3) is 7.30. The molecule has 24 heavy (non-hydrogen) atoms. The molecular formula is C17H25NO6. The van der Waals surface area contributed by atoms with Crippen LogP contribution in [0.3, 0.4) is 0 Å². The second-order valence-electron chi connectivity index (χ2n) is 7.37. The third-order valence-corrected chi connectivity index (χ3v) is 2.61. The summed E-state index contributed by atoms with van der Waals surface area (Å²) in [7, 11) is 0. The van der Waals surface area contributed by atoms with E-state index in [0.717, 1.165) is 0 Å². The Morgan fingerprint density at radius 2 is 1.67 bits per heavy atom. The predicted molar refractivity (Wildman–Crippen MR) is 86.7 cm³/mol. The number of nitrogens with one attached hydrogen (secondary N) is 1. The van der Waals surface area contributed by atoms with Crippen LogP contribution in [0.4, 0.5) is 4.79 Å². The van der Waals surface area contributed by atoms with E-state index >= 15 is 0 Å². The summed E-state index contributed by atoms with van der Waals surface area (Å²) in [6.45, 7) is 10.2. The van der Waals surface area contributed by atoms with Gasteiger partial charge in [-0.2, -0.15) is 0 Å². The zero-order chi connectivity index (χ0) is 18.5. The molecule has 0 saturated carbocycles. The molecule has 0 fully saturated rings. The molecule has 0 aliphatic heterocycles. The minimum absolute atomic E-state index is 0.256. The molecule has 0 aliphatic rings. The molecule has 1 rings (SSSR count). The first-order chi connectivity index (χ1) is 10.9. The van der Waals surface area contributed by atoms with Gasteiger partial charge in [0.05, 0.1) is 11.8 Å². The van der Waals surface area contributed by atoms with E-state index in [-0.39, 0.29) is 12.2 Å². The van der Waals surface area contributed by atoms with E-state index in [1.165, 1.54) is 18.6 Å². The molecule has 1 heterocycles. The average Bonchev–Trinajstić information content (AvgIpc) is 2.87. The van der Waals surface area contributed by atoms with Crippen molar-refractivity contribution in [3.8, 4) is 0 Å². The Kier molecular flexibility index (Phi) is 6.17. The maximum absolute atomic E-state index is 12.3. The summed E-state index contributed by atoms with van der Waals surface area (Å²) in [5, 5.41) is 2.40. The monoisotopic (exact) mass is 339 g/mol. The second kappa shape index (κ2) is 7.51. The standard InChI is InChI=1S/C17H25NO6/c1-16(2,3)23-14(20)12(18-15(21)24-17(4,5)6)9-13(19)11-7-8-22-10-11/h7-8,10,12H,9H2,1-6H3,(H,18,21)/t12-/m0/s1. The maximum Gasteiger partial charge on any atom is 0.408 e. The topological polar surface area (TPSA) is 94.8 Å². The van der Waals surface area contributed by atoms with Gasteiger partial charge in [0.2, 0.25) is 0 Å². The quantitative estimate of drug-likeness (QED) is 0.654. The minimum Gasteiger partial charge on any atom is -0.472 e. The normalized spacial score (nSPS) is 13.1. The highest BCUT2D eigenvalue weighted by Gasteiger charge is 2.31. The molecular weight excluding hydrogens is 314 g/mol. The molecule has 0 aliphatic carbocycles. The lowest BCUT2D eigenvalue weighted by Gasteiger charge is -2.26. The number of esters is 1. The van der Waals surface area contributed by atoms with Crippen LogP contribution in [-0.4, -0.2) is 35.1 Å². The van der Waals surface area contributed by atoms with Gasteiger partial charge in [-0.15, -0.1) is 0 Å². The van der Waals surface area contributed by atoms with Crippen molar-refractivity contribution in [3.05, 3.63) is 24.2 Å². The molecule has 0 spiro atoms. The van der Waals surface area contributed by atoms with Crippen molar-refractivity contribution in [2.24, 2.45) is 0 Å². The summed E-state index contributed by atoms with van der Waals surface area (Å²) in [5.41, 5.74) is -1.16. The summed E-state index contributed by atoms with van der Waals surface area (Å²) in [6.07, 6.45) is 1.59. The van der Waals surface area contributed by atoms with E-state index in [1.807, 2.05) is 0 Å². The van der Waals surface area contributed by atoms with Gasteiger partial charge in [-0.25, -0.2) is 9.59 Å². The molecule has 0 unspecified atom stereocenters. The lowest BCUT2D eigenvalue weighted by molar-refractivity contribution is -0.157. The predicted octanol–water partition coefficient (Wildman–Crippen LogP) is 3.09. The van der Waals surface area contributed by atoms with E-state index in [2.05, 4.69) is 5.32 Å². The first-order valence-corrected chi connectivity index (χ1v) is 7.65. The van der Waals surface area contributed by atoms with Gasteiger partial charge < -0.3 is 19.2 Å². The van der Waals surface area contributed by atoms with E-state index in [4.69, 9.17) is 13.9 Å². The van der Waals surface area contributed by atoms with Crippen LogP contribution < -0.4 is 5.32 Å². The van der Waals surface area contributed by atoms with E-state index < -0.39 is 29.3 Å². The molecule has 7 heteroatoms. The number of amides is 1. The number of ether oxygens (including phenoxy) is 2. The largest absolute Gasteiger partial charge is 0.472 e. The van der Waals surface area contributed by atoms with Crippen molar-refractivity contribution >= 4 is 17.8 Å². The number of carbonyl (C=O) groups is 3. The number of Topliss-reactive ketones (excluding diaryl/α,β-unsaturated/α-hetero) is 1. The van der Waals surface area contributed by atoms with Crippen LogP contribution in [0.5, 0.6) is 0 Å². The molecule has 0 bridgehead atoms. The van der Waals surface area contributed by atoms with E-state index in [1.54, 1.807) is 41.5 Å². The zero-order valence-corrected chi connectivity index (χ0v) is 15.0. The molecule has 1 atom stereocenters. The number of carbonyl (C=O) groups excluding carboxylic acids is 3. The molecule has 1 aromatic rings. The van der Waals surface area contributed by atoms with Gasteiger partial charge >= 0.3 is 12.1 Å². The molecule has 1 amide bonds. The van der Waals surface area contributed by atoms with Gasteiger partial charge in [-0.1, -0.05) is 0 Å². The highest BCUT2D eigenvalue weighted by Crippen LogP contribution is 2.14. The third-order valence-electron chi connectivity index (χ3n) is 2.61. The lowest BCUT2D eigenvalue weighted by atomic mass is 10.1. The highest BCUT2D eigenvalue weighted by molar-refractivity contribution is 5.99. The fourth-order valence-electron chi connectivity index (χ4n) is 1.74. The second-order valence-corrected chi connectivity index (χ2v) is 7.37. The van der Waals surface area contributed by atoms with Crippen molar-refractivity contribution in [1.82, 2.24) is 5.32 Å². The fraction of sp³-hybridized carbons (Fsp3) is 0.588. The van der Waals surface area contributed by atoms with Gasteiger partial charge in [-0.05, 0) is 47.6 Å². The smallest absolute Gasteiger partial charge is 0.408 e. The summed E-state index contributed by atoms with van der Waals surface area (Å²) in [5.74, 6) is -1.05. The molecule has 0 radical (unpaired) electrons. The van der Waals surface area contributed by atoms with E-state index in [9.17, 15) is 14.4 Å². The first-order valence-electron chi connectivity index (χ1n) is 7.65. The number of ketones is 1. The molecule has 1 aromatic heterocycles. The summed E-state index contributed by atoms with van der Waals surface area (Å²) in [4.78, 5) is 36.4. The van der Waals surface area contributed by atoms with Crippen molar-refractivity contribution in [1.29, 1.82) is 0 Å². The summed E-state index contributed by atoms with van der Waals surface area (Å²) in [6, 6.07) is 0.337. The Bertz CT molecular complexity index is 577. The van der Waals surface area contributed by atoms with Gasteiger partial charge in [0.1, 0.15) is 23.5 Å². The van der Waals surface area contributed by atoms with Crippen LogP contribution >= 0.6 is 0 Å². The average molecular weight is 339 g/mol. The fourth-order valence-corrected chi connectivity index (χ4v) is 1.74. The zero-order valence-electron chi connectivity index (χ0n) is 15.0. The highest BCUT2D eigenvalue weighted by atomic mass is 16.6. The lowest BCUT2D eigenvalue weighted by Crippen LogP contribution is -2.47. The molecule has 7 nitrogen and oxygen atoms in total. The molecule has 134 valence electrons. The van der Waals surface area contributed by atoms with Gasteiger partial charge in [0.15, 0.2) is 5.78 Å². The Morgan fingerprint density at radius 3 is 2.12 bits per heavy atom. The molecule has 0 saturated heterocycles. The van der Waals surface area contributed by atoms with Crippen molar-refractivity contribution in [2.45, 2.75) is 65.2 Å². The number of rotatable bonds is 5. The number of furan rings is 1. The first kappa shape index (κ1) is 19.7. The van der Waals surface area contributed by atoms with Crippen LogP contribution in [0.1, 0.15) is 58.3 Å². The number of hydrogen-bond acceptors (Lipinski definition) is 6. The van der Waals surface area contributed by atoms with Gasteiger partial charge in [-0.3, -0.25) is 4.79 Å². The Morgan fingerprint density at radius 1 is 1.08 bits per heavy atom. The summed E-state index contributed by atoms with van der Waals surface area (Å²) < 4.78 is 15.3. The van der Waals surface area contributed by atoms with Crippen LogP contribution in [-0.2, 0) is 14.3 Å². The van der Waals surface area contributed by atoms with Crippen LogP contribution in [0.2, 0.25) is 0 Å². The van der Waals surface area contributed by atoms with Crippen molar-refractivity contribution in [3.63, 3.8) is 0 Å². The number of alkyl carbamates (subject to hydrolysis) is 1. The minimum atomic E-state index is -1.15. The Hall–Kier alpha value is -2.31. The van der Waals surface area contributed by atoms with Crippen LogP contribution in [0.15, 0.2) is 23.0 Å².